The number of benzene rings is 2. The molecule has 4 heteroatoms. The van der Waals surface area contributed by atoms with Crippen molar-refractivity contribution in [3.8, 4) is 11.5 Å². The fourth-order valence-electron chi connectivity index (χ4n) is 1.37. The van der Waals surface area contributed by atoms with Crippen molar-refractivity contribution in [1.82, 2.24) is 0 Å². The van der Waals surface area contributed by atoms with Gasteiger partial charge in [-0.2, -0.15) is 30.3 Å². The van der Waals surface area contributed by atoms with Crippen molar-refractivity contribution in [3.05, 3.63) is 60.2 Å². The molecule has 0 fully saturated rings. The van der Waals surface area contributed by atoms with Crippen LogP contribution in [-0.2, 0) is 6.61 Å². The Bertz CT molecular complexity index is 449. The second kappa shape index (κ2) is 9.25. The molecule has 0 heterocycles. The fourth-order valence-corrected chi connectivity index (χ4v) is 1.37. The van der Waals surface area contributed by atoms with Crippen LogP contribution in [0.15, 0.2) is 48.5 Å². The number of rotatable bonds is 4. The van der Waals surface area contributed by atoms with E-state index >= 15 is 0 Å². The van der Waals surface area contributed by atoms with Crippen molar-refractivity contribution in [2.24, 2.45) is 0 Å². The van der Waals surface area contributed by atoms with E-state index in [0.29, 0.717) is 6.61 Å². The van der Waals surface area contributed by atoms with Crippen LogP contribution in [0.2, 0.25) is 0 Å². The average molecular weight is 317 g/mol. The molecule has 2 aromatic rings. The van der Waals surface area contributed by atoms with Gasteiger partial charge in [-0.1, -0.05) is 6.07 Å². The molecule has 0 aliphatic heterocycles. The van der Waals surface area contributed by atoms with E-state index in [1.54, 1.807) is 7.11 Å². The normalized spacial score (nSPS) is 8.72. The van der Waals surface area contributed by atoms with Crippen LogP contribution in [0.4, 0.5) is 0 Å². The first-order chi connectivity index (χ1) is 7.88. The molecule has 0 spiro atoms. The molecule has 2 aromatic carbocycles. The molecule has 0 atom stereocenters. The van der Waals surface area contributed by atoms with Crippen LogP contribution < -0.4 is 26.5 Å². The molecule has 0 aliphatic carbocycles. The first-order valence-corrected chi connectivity index (χ1v) is 5.11. The number of methoxy groups -OCH3 is 1. The Hall–Kier alpha value is -0.714. The maximum atomic E-state index is 5.62. The molecule has 0 saturated carbocycles. The molecule has 0 amide bonds. The van der Waals surface area contributed by atoms with E-state index in [1.807, 2.05) is 48.5 Å². The van der Waals surface area contributed by atoms with Gasteiger partial charge in [-0.05, 0) is 12.1 Å². The number of hydrogen-bond acceptors (Lipinski definition) is 2. The summed E-state index contributed by atoms with van der Waals surface area (Å²) in [5, 5.41) is 0. The van der Waals surface area contributed by atoms with Crippen molar-refractivity contribution < 1.29 is 26.5 Å². The van der Waals surface area contributed by atoms with E-state index in [0.717, 1.165) is 17.1 Å². The zero-order chi connectivity index (χ0) is 11.2. The van der Waals surface area contributed by atoms with Gasteiger partial charge in [0.2, 0.25) is 0 Å². The molecule has 0 aromatic heterocycles. The molecule has 0 aliphatic rings. The number of ether oxygens (including phenoxy) is 2. The van der Waals surface area contributed by atoms with Crippen molar-refractivity contribution in [3.63, 3.8) is 0 Å². The maximum absolute atomic E-state index is 5.62. The van der Waals surface area contributed by atoms with Gasteiger partial charge in [-0.25, -0.2) is 0 Å². The second-order valence-electron chi connectivity index (χ2n) is 3.36. The summed E-state index contributed by atoms with van der Waals surface area (Å²) < 4.78 is 10.7. The first-order valence-electron chi connectivity index (χ1n) is 5.11. The fraction of sp³-hybridized carbons (Fsp3) is 0.143. The van der Waals surface area contributed by atoms with Gasteiger partial charge < -0.3 is 26.5 Å². The van der Waals surface area contributed by atoms with E-state index in [-0.39, 0.29) is 40.0 Å². The van der Waals surface area contributed by atoms with Gasteiger partial charge >= 0.3 is 23.1 Å². The van der Waals surface area contributed by atoms with Gasteiger partial charge in [0.05, 0.1) is 13.7 Å². The van der Waals surface area contributed by atoms with E-state index < -0.39 is 0 Å². The zero-order valence-electron chi connectivity index (χ0n) is 10.2. The Kier molecular flexibility index (Phi) is 8.88. The Morgan fingerprint density at radius 1 is 1.06 bits per heavy atom. The first kappa shape index (κ1) is 17.3. The Morgan fingerprint density at radius 2 is 1.83 bits per heavy atom. The Balaban J connectivity index is 0.00000144. The topological polar surface area (TPSA) is 18.5 Å². The van der Waals surface area contributed by atoms with Gasteiger partial charge in [0.25, 0.3) is 0 Å². The molecule has 0 radical (unpaired) electrons. The van der Waals surface area contributed by atoms with Gasteiger partial charge in [-0.3, -0.25) is 0 Å². The molecule has 90 valence electrons. The predicted molar refractivity (Wildman–Crippen MR) is 68.4 cm³/mol. The van der Waals surface area contributed by atoms with Crippen LogP contribution in [0.5, 0.6) is 11.5 Å². The van der Waals surface area contributed by atoms with Crippen molar-refractivity contribution in [2.75, 3.05) is 7.11 Å². The molecular weight excluding hydrogens is 304 g/mol. The third kappa shape index (κ3) is 5.29. The summed E-state index contributed by atoms with van der Waals surface area (Å²) in [6.07, 6.45) is 0. The van der Waals surface area contributed by atoms with Crippen LogP contribution in [0.1, 0.15) is 5.56 Å². The van der Waals surface area contributed by atoms with Crippen molar-refractivity contribution in [1.29, 1.82) is 0 Å². The van der Waals surface area contributed by atoms with Crippen LogP contribution in [0, 0.1) is 6.07 Å². The summed E-state index contributed by atoms with van der Waals surface area (Å²) in [7, 11) is 1.64. The molecule has 2 nitrogen and oxygen atoms in total. The Morgan fingerprint density at radius 3 is 2.50 bits per heavy atom. The third-order valence-corrected chi connectivity index (χ3v) is 2.21. The minimum absolute atomic E-state index is 0. The molecule has 0 bridgehead atoms. The van der Waals surface area contributed by atoms with Gasteiger partial charge in [0, 0.05) is 6.07 Å². The van der Waals surface area contributed by atoms with E-state index in [2.05, 4.69) is 6.07 Å². The SMILES string of the molecule is COc1cccc(OCc2[c-]cccc2)c1.[Br-].[Mg+2]. The van der Waals surface area contributed by atoms with Crippen LogP contribution in [0.25, 0.3) is 0 Å². The van der Waals surface area contributed by atoms with Crippen molar-refractivity contribution >= 4 is 23.1 Å². The zero-order valence-corrected chi connectivity index (χ0v) is 13.2. The van der Waals surface area contributed by atoms with Gasteiger partial charge in [0.15, 0.2) is 0 Å². The predicted octanol–water partition coefficient (Wildman–Crippen LogP) is -0.302. The molecule has 0 saturated heterocycles. The molecule has 2 rings (SSSR count). The van der Waals surface area contributed by atoms with Crippen LogP contribution >= 0.6 is 0 Å². The summed E-state index contributed by atoms with van der Waals surface area (Å²) in [5.74, 6) is 1.60. The minimum atomic E-state index is 0. The van der Waals surface area contributed by atoms with E-state index in [1.165, 1.54) is 0 Å². The summed E-state index contributed by atoms with van der Waals surface area (Å²) in [6.45, 7) is 0.522. The quantitative estimate of drug-likeness (QED) is 0.569. The maximum Gasteiger partial charge on any atom is 2.00 e. The van der Waals surface area contributed by atoms with E-state index in [4.69, 9.17) is 9.47 Å². The average Bonchev–Trinajstić information content (AvgIpc) is 2.38. The summed E-state index contributed by atoms with van der Waals surface area (Å²) in [4.78, 5) is 0. The monoisotopic (exact) mass is 316 g/mol. The van der Waals surface area contributed by atoms with Crippen LogP contribution in [0.3, 0.4) is 0 Å². The number of halogens is 1. The largest absolute Gasteiger partial charge is 2.00 e. The minimum Gasteiger partial charge on any atom is -1.00 e. The molecular formula is C14H13BrMgO2. The summed E-state index contributed by atoms with van der Waals surface area (Å²) in [5.41, 5.74) is 1.03. The number of hydrogen-bond donors (Lipinski definition) is 0. The van der Waals surface area contributed by atoms with Gasteiger partial charge in [-0.15, -0.1) is 5.56 Å². The standard InChI is InChI=1S/C14H13O2.BrH.Mg/c1-15-13-8-5-9-14(10-13)16-11-12-6-3-2-4-7-12;;/h2-6,8-10H,11H2,1H3;1H;/q-1;;+2/p-1. The molecule has 0 unspecified atom stereocenters. The molecule has 0 N–H and O–H groups in total. The van der Waals surface area contributed by atoms with Crippen molar-refractivity contribution in [2.45, 2.75) is 6.61 Å². The Labute approximate surface area is 134 Å². The summed E-state index contributed by atoms with van der Waals surface area (Å²) in [6, 6.07) is 18.5. The van der Waals surface area contributed by atoms with Crippen LogP contribution in [-0.4, -0.2) is 30.2 Å². The molecule has 18 heavy (non-hydrogen) atoms. The van der Waals surface area contributed by atoms with E-state index in [9.17, 15) is 0 Å². The summed E-state index contributed by atoms with van der Waals surface area (Å²) >= 11 is 0. The second-order valence-corrected chi connectivity index (χ2v) is 3.36. The third-order valence-electron chi connectivity index (χ3n) is 2.21. The van der Waals surface area contributed by atoms with Gasteiger partial charge in [0.1, 0.15) is 11.5 Å². The smallest absolute Gasteiger partial charge is 1.00 e.